The van der Waals surface area contributed by atoms with Gasteiger partial charge in [-0.2, -0.15) is 0 Å². The van der Waals surface area contributed by atoms with Gasteiger partial charge in [-0.15, -0.1) is 11.3 Å². The van der Waals surface area contributed by atoms with Crippen LogP contribution in [0.5, 0.6) is 0 Å². The maximum atomic E-state index is 4.58. The number of amidine groups is 1. The molecule has 0 aliphatic carbocycles. The van der Waals surface area contributed by atoms with E-state index in [9.17, 15) is 0 Å². The Labute approximate surface area is 112 Å². The van der Waals surface area contributed by atoms with Gasteiger partial charge < -0.3 is 5.32 Å². The number of rotatable bonds is 3. The molecule has 0 saturated carbocycles. The first-order chi connectivity index (χ1) is 8.06. The number of thioether (sulfide) groups is 1. The summed E-state index contributed by atoms with van der Waals surface area (Å²) in [5.74, 6) is 0.697. The van der Waals surface area contributed by atoms with Gasteiger partial charge in [-0.05, 0) is 31.9 Å². The quantitative estimate of drug-likeness (QED) is 0.901. The minimum atomic E-state index is 0.367. The second kappa shape index (κ2) is 5.44. The molecule has 0 amide bonds. The van der Waals surface area contributed by atoms with Crippen LogP contribution < -0.4 is 5.32 Å². The van der Waals surface area contributed by atoms with E-state index in [2.05, 4.69) is 50.1 Å². The average Bonchev–Trinajstić information content (AvgIpc) is 2.86. The standard InChI is InChI=1S/C13H20N2S2/c1-8(2)12-7-14-13(17-12)15-10(4)11-6-5-9(3)16-11/h5-6,8,10,12H,7H2,1-4H3,(H,14,15). The molecule has 2 unspecified atom stereocenters. The maximum Gasteiger partial charge on any atom is 0.157 e. The minimum absolute atomic E-state index is 0.367. The molecule has 94 valence electrons. The molecule has 1 aromatic heterocycles. The van der Waals surface area contributed by atoms with Gasteiger partial charge in [0.05, 0.1) is 12.6 Å². The lowest BCUT2D eigenvalue weighted by atomic mass is 10.1. The lowest BCUT2D eigenvalue weighted by Gasteiger charge is -2.15. The summed E-state index contributed by atoms with van der Waals surface area (Å²) in [5.41, 5.74) is 0. The third-order valence-electron chi connectivity index (χ3n) is 2.95. The first-order valence-corrected chi connectivity index (χ1v) is 7.80. The third kappa shape index (κ3) is 3.26. The summed E-state index contributed by atoms with van der Waals surface area (Å²) < 4.78 is 0. The largest absolute Gasteiger partial charge is 0.358 e. The first kappa shape index (κ1) is 13.0. The zero-order chi connectivity index (χ0) is 12.4. The van der Waals surface area contributed by atoms with Crippen LogP contribution in [0.1, 0.15) is 36.6 Å². The van der Waals surface area contributed by atoms with E-state index in [1.165, 1.54) is 9.75 Å². The number of hydrogen-bond acceptors (Lipinski definition) is 4. The van der Waals surface area contributed by atoms with Crippen molar-refractivity contribution in [1.82, 2.24) is 5.32 Å². The molecule has 0 saturated heterocycles. The lowest BCUT2D eigenvalue weighted by molar-refractivity contribution is 0.621. The highest BCUT2D eigenvalue weighted by atomic mass is 32.2. The summed E-state index contributed by atoms with van der Waals surface area (Å²) in [4.78, 5) is 7.34. The summed E-state index contributed by atoms with van der Waals surface area (Å²) >= 11 is 3.75. The van der Waals surface area contributed by atoms with Crippen molar-refractivity contribution < 1.29 is 0 Å². The maximum absolute atomic E-state index is 4.58. The average molecular weight is 268 g/mol. The van der Waals surface area contributed by atoms with Crippen molar-refractivity contribution in [2.75, 3.05) is 6.54 Å². The SMILES string of the molecule is Cc1ccc(C(C)NC2=NCC(C(C)C)S2)s1. The van der Waals surface area contributed by atoms with Crippen LogP contribution in [0.25, 0.3) is 0 Å². The Hall–Kier alpha value is -0.480. The summed E-state index contributed by atoms with van der Waals surface area (Å²) in [6.07, 6.45) is 0. The number of aryl methyl sites for hydroxylation is 1. The van der Waals surface area contributed by atoms with Crippen molar-refractivity contribution in [3.8, 4) is 0 Å². The fraction of sp³-hybridized carbons (Fsp3) is 0.615. The molecule has 0 bridgehead atoms. The van der Waals surface area contributed by atoms with E-state index in [0.29, 0.717) is 17.2 Å². The Morgan fingerprint density at radius 2 is 2.12 bits per heavy atom. The highest BCUT2D eigenvalue weighted by molar-refractivity contribution is 8.14. The molecule has 17 heavy (non-hydrogen) atoms. The predicted octanol–water partition coefficient (Wildman–Crippen LogP) is 3.83. The van der Waals surface area contributed by atoms with Crippen LogP contribution >= 0.6 is 23.1 Å². The van der Waals surface area contributed by atoms with Gasteiger partial charge in [0.25, 0.3) is 0 Å². The van der Waals surface area contributed by atoms with Crippen LogP contribution in [0.15, 0.2) is 17.1 Å². The molecule has 2 heterocycles. The van der Waals surface area contributed by atoms with Crippen molar-refractivity contribution in [3.05, 3.63) is 21.9 Å². The monoisotopic (exact) mass is 268 g/mol. The van der Waals surface area contributed by atoms with Gasteiger partial charge in [-0.25, -0.2) is 0 Å². The Kier molecular flexibility index (Phi) is 4.15. The van der Waals surface area contributed by atoms with E-state index in [-0.39, 0.29) is 0 Å². The van der Waals surface area contributed by atoms with Crippen LogP contribution in [0.4, 0.5) is 0 Å². The van der Waals surface area contributed by atoms with Crippen molar-refractivity contribution in [3.63, 3.8) is 0 Å². The first-order valence-electron chi connectivity index (χ1n) is 6.10. The third-order valence-corrected chi connectivity index (χ3v) is 5.60. The van der Waals surface area contributed by atoms with Crippen LogP contribution in [0.3, 0.4) is 0 Å². The Bertz CT molecular complexity index is 409. The molecule has 1 aliphatic heterocycles. The smallest absolute Gasteiger partial charge is 0.157 e. The minimum Gasteiger partial charge on any atom is -0.358 e. The van der Waals surface area contributed by atoms with Crippen molar-refractivity contribution >= 4 is 28.3 Å². The highest BCUT2D eigenvalue weighted by Crippen LogP contribution is 2.28. The summed E-state index contributed by atoms with van der Waals surface area (Å²) in [6, 6.07) is 4.75. The molecule has 2 rings (SSSR count). The zero-order valence-corrected chi connectivity index (χ0v) is 12.5. The number of nitrogens with one attached hydrogen (secondary N) is 1. The van der Waals surface area contributed by atoms with Gasteiger partial charge in [0.1, 0.15) is 0 Å². The van der Waals surface area contributed by atoms with Crippen molar-refractivity contribution in [2.24, 2.45) is 10.9 Å². The van der Waals surface area contributed by atoms with E-state index in [1.807, 2.05) is 23.1 Å². The summed E-state index contributed by atoms with van der Waals surface area (Å²) in [6.45, 7) is 9.85. The van der Waals surface area contributed by atoms with Crippen LogP contribution in [0.2, 0.25) is 0 Å². The Morgan fingerprint density at radius 3 is 2.65 bits per heavy atom. The molecule has 4 heteroatoms. The number of nitrogens with zero attached hydrogens (tertiary/aromatic N) is 1. The highest BCUT2D eigenvalue weighted by Gasteiger charge is 2.23. The topological polar surface area (TPSA) is 24.4 Å². The molecule has 0 fully saturated rings. The number of thiophene rings is 1. The van der Waals surface area contributed by atoms with E-state index >= 15 is 0 Å². The Morgan fingerprint density at radius 1 is 1.35 bits per heavy atom. The molecular formula is C13H20N2S2. The van der Waals surface area contributed by atoms with Crippen molar-refractivity contribution in [2.45, 2.75) is 39.0 Å². The van der Waals surface area contributed by atoms with E-state index in [4.69, 9.17) is 0 Å². The van der Waals surface area contributed by atoms with Crippen LogP contribution in [-0.2, 0) is 0 Å². The van der Waals surface area contributed by atoms with Gasteiger partial charge in [-0.1, -0.05) is 25.6 Å². The van der Waals surface area contributed by atoms with Crippen molar-refractivity contribution in [1.29, 1.82) is 0 Å². The van der Waals surface area contributed by atoms with E-state index in [0.717, 1.165) is 11.7 Å². The number of hydrogen-bond donors (Lipinski definition) is 1. The second-order valence-corrected chi connectivity index (χ2v) is 7.41. The summed E-state index contributed by atoms with van der Waals surface area (Å²) in [5, 5.41) is 5.28. The van der Waals surface area contributed by atoms with Gasteiger partial charge in [0.2, 0.25) is 0 Å². The molecule has 2 atom stereocenters. The van der Waals surface area contributed by atoms with Crippen LogP contribution in [0, 0.1) is 12.8 Å². The normalized spacial score (nSPS) is 21.7. The molecular weight excluding hydrogens is 248 g/mol. The van der Waals surface area contributed by atoms with Gasteiger partial charge in [-0.3, -0.25) is 4.99 Å². The van der Waals surface area contributed by atoms with E-state index < -0.39 is 0 Å². The number of aliphatic imine (C=N–C) groups is 1. The summed E-state index contributed by atoms with van der Waals surface area (Å²) in [7, 11) is 0. The van der Waals surface area contributed by atoms with E-state index in [1.54, 1.807) is 0 Å². The molecule has 2 nitrogen and oxygen atoms in total. The molecule has 0 aromatic carbocycles. The molecule has 1 aromatic rings. The lowest BCUT2D eigenvalue weighted by Crippen LogP contribution is -2.23. The Balaban J connectivity index is 1.90. The second-order valence-electron chi connectivity index (χ2n) is 4.86. The fourth-order valence-electron chi connectivity index (χ4n) is 1.76. The molecule has 1 N–H and O–H groups in total. The fourth-order valence-corrected chi connectivity index (χ4v) is 3.74. The van der Waals surface area contributed by atoms with Crippen LogP contribution in [-0.4, -0.2) is 17.0 Å². The van der Waals surface area contributed by atoms with Gasteiger partial charge in [0, 0.05) is 15.0 Å². The molecule has 1 aliphatic rings. The van der Waals surface area contributed by atoms with Gasteiger partial charge >= 0.3 is 0 Å². The van der Waals surface area contributed by atoms with Gasteiger partial charge in [0.15, 0.2) is 5.17 Å². The predicted molar refractivity (Wildman–Crippen MR) is 79.1 cm³/mol. The zero-order valence-electron chi connectivity index (χ0n) is 10.9. The molecule has 0 radical (unpaired) electrons. The molecule has 0 spiro atoms.